The molecule has 1 amide bonds. The molecule has 0 unspecified atom stereocenters. The molecular formula is C16H18N2O2. The van der Waals surface area contributed by atoms with E-state index in [2.05, 4.69) is 5.32 Å². The first-order valence-corrected chi connectivity index (χ1v) is 6.38. The minimum absolute atomic E-state index is 0.197. The molecule has 4 heteroatoms. The summed E-state index contributed by atoms with van der Waals surface area (Å²) in [6.45, 7) is 2.49. The lowest BCUT2D eigenvalue weighted by Crippen LogP contribution is -2.23. The first kappa shape index (κ1) is 13.9. The summed E-state index contributed by atoms with van der Waals surface area (Å²) < 4.78 is 5.18. The number of hydrogen-bond acceptors (Lipinski definition) is 3. The average Bonchev–Trinajstić information content (AvgIpc) is 2.46. The Balaban J connectivity index is 2.13. The number of amides is 1. The third-order valence-electron chi connectivity index (χ3n) is 3.17. The van der Waals surface area contributed by atoms with E-state index in [0.29, 0.717) is 23.5 Å². The van der Waals surface area contributed by atoms with Gasteiger partial charge < -0.3 is 15.8 Å². The van der Waals surface area contributed by atoms with Crippen LogP contribution in [0.1, 0.15) is 21.5 Å². The monoisotopic (exact) mass is 270 g/mol. The highest BCUT2D eigenvalue weighted by Crippen LogP contribution is 2.21. The molecule has 20 heavy (non-hydrogen) atoms. The van der Waals surface area contributed by atoms with Gasteiger partial charge in [0, 0.05) is 12.2 Å². The molecule has 3 N–H and O–H groups in total. The second-order valence-corrected chi connectivity index (χ2v) is 4.57. The SMILES string of the molecule is COc1ccc(N)cc1C(=O)NCc1ccccc1C. The summed E-state index contributed by atoms with van der Waals surface area (Å²) >= 11 is 0. The van der Waals surface area contributed by atoms with Crippen LogP contribution in [0.4, 0.5) is 5.69 Å². The zero-order chi connectivity index (χ0) is 14.5. The Kier molecular flexibility index (Phi) is 4.25. The molecule has 2 aromatic rings. The molecule has 0 atom stereocenters. The zero-order valence-corrected chi connectivity index (χ0v) is 11.6. The third-order valence-corrected chi connectivity index (χ3v) is 3.17. The third kappa shape index (κ3) is 3.09. The molecule has 0 spiro atoms. The fourth-order valence-corrected chi connectivity index (χ4v) is 1.98. The smallest absolute Gasteiger partial charge is 0.255 e. The van der Waals surface area contributed by atoms with E-state index < -0.39 is 0 Å². The second-order valence-electron chi connectivity index (χ2n) is 4.57. The minimum Gasteiger partial charge on any atom is -0.496 e. The lowest BCUT2D eigenvalue weighted by Gasteiger charge is -2.11. The molecule has 0 fully saturated rings. The van der Waals surface area contributed by atoms with Crippen molar-refractivity contribution in [2.24, 2.45) is 0 Å². The van der Waals surface area contributed by atoms with E-state index in [0.717, 1.165) is 11.1 Å². The number of aryl methyl sites for hydroxylation is 1. The molecule has 0 bridgehead atoms. The van der Waals surface area contributed by atoms with E-state index >= 15 is 0 Å². The van der Waals surface area contributed by atoms with Crippen molar-refractivity contribution < 1.29 is 9.53 Å². The molecule has 0 aliphatic heterocycles. The Hall–Kier alpha value is -2.49. The van der Waals surface area contributed by atoms with Crippen molar-refractivity contribution in [3.63, 3.8) is 0 Å². The maximum atomic E-state index is 12.2. The van der Waals surface area contributed by atoms with Crippen molar-refractivity contribution in [3.05, 3.63) is 59.2 Å². The summed E-state index contributed by atoms with van der Waals surface area (Å²) in [6.07, 6.45) is 0. The van der Waals surface area contributed by atoms with Gasteiger partial charge in [0.2, 0.25) is 0 Å². The molecule has 4 nitrogen and oxygen atoms in total. The van der Waals surface area contributed by atoms with E-state index in [1.807, 2.05) is 31.2 Å². The van der Waals surface area contributed by atoms with E-state index in [-0.39, 0.29) is 5.91 Å². The molecule has 0 aromatic heterocycles. The molecule has 0 heterocycles. The Morgan fingerprint density at radius 3 is 2.70 bits per heavy atom. The molecule has 0 aliphatic rings. The maximum absolute atomic E-state index is 12.2. The molecule has 0 aliphatic carbocycles. The Bertz CT molecular complexity index is 624. The summed E-state index contributed by atoms with van der Waals surface area (Å²) in [5.41, 5.74) is 8.93. The number of hydrogen-bond donors (Lipinski definition) is 2. The number of anilines is 1. The molecular weight excluding hydrogens is 252 g/mol. The topological polar surface area (TPSA) is 64.3 Å². The number of rotatable bonds is 4. The number of nitrogen functional groups attached to an aromatic ring is 1. The summed E-state index contributed by atoms with van der Waals surface area (Å²) in [6, 6.07) is 13.0. The normalized spacial score (nSPS) is 10.1. The summed E-state index contributed by atoms with van der Waals surface area (Å²) in [5, 5.41) is 2.88. The number of carbonyl (C=O) groups excluding carboxylic acids is 1. The van der Waals surface area contributed by atoms with Crippen LogP contribution in [0, 0.1) is 6.92 Å². The van der Waals surface area contributed by atoms with Gasteiger partial charge in [-0.25, -0.2) is 0 Å². The average molecular weight is 270 g/mol. The van der Waals surface area contributed by atoms with Gasteiger partial charge in [0.05, 0.1) is 12.7 Å². The van der Waals surface area contributed by atoms with E-state index in [1.165, 1.54) is 7.11 Å². The van der Waals surface area contributed by atoms with Crippen LogP contribution >= 0.6 is 0 Å². The van der Waals surface area contributed by atoms with Gasteiger partial charge in [-0.1, -0.05) is 24.3 Å². The first-order chi connectivity index (χ1) is 9.61. The highest BCUT2D eigenvalue weighted by molar-refractivity contribution is 5.97. The van der Waals surface area contributed by atoms with Gasteiger partial charge in [-0.15, -0.1) is 0 Å². The molecule has 2 aromatic carbocycles. The van der Waals surface area contributed by atoms with Gasteiger partial charge in [-0.2, -0.15) is 0 Å². The van der Waals surface area contributed by atoms with E-state index in [9.17, 15) is 4.79 Å². The van der Waals surface area contributed by atoms with Crippen LogP contribution < -0.4 is 15.8 Å². The van der Waals surface area contributed by atoms with Crippen molar-refractivity contribution in [1.82, 2.24) is 5.32 Å². The number of nitrogens with two attached hydrogens (primary N) is 1. The van der Waals surface area contributed by atoms with Crippen LogP contribution in [0.2, 0.25) is 0 Å². The minimum atomic E-state index is -0.197. The Morgan fingerprint density at radius 2 is 2.00 bits per heavy atom. The zero-order valence-electron chi connectivity index (χ0n) is 11.6. The Morgan fingerprint density at radius 1 is 1.25 bits per heavy atom. The van der Waals surface area contributed by atoms with Gasteiger partial charge in [0.1, 0.15) is 5.75 Å². The van der Waals surface area contributed by atoms with Crippen LogP contribution in [0.15, 0.2) is 42.5 Å². The highest BCUT2D eigenvalue weighted by atomic mass is 16.5. The fraction of sp³-hybridized carbons (Fsp3) is 0.188. The van der Waals surface area contributed by atoms with Crippen molar-refractivity contribution in [1.29, 1.82) is 0 Å². The summed E-state index contributed by atoms with van der Waals surface area (Å²) in [7, 11) is 1.53. The van der Waals surface area contributed by atoms with E-state index in [1.54, 1.807) is 18.2 Å². The number of nitrogens with one attached hydrogen (secondary N) is 1. The van der Waals surface area contributed by atoms with Crippen molar-refractivity contribution in [3.8, 4) is 5.75 Å². The number of ether oxygens (including phenoxy) is 1. The molecule has 0 saturated heterocycles. The lowest BCUT2D eigenvalue weighted by atomic mass is 10.1. The second kappa shape index (κ2) is 6.10. The van der Waals surface area contributed by atoms with Gasteiger partial charge in [0.15, 0.2) is 0 Å². The van der Waals surface area contributed by atoms with Crippen LogP contribution in [-0.2, 0) is 6.54 Å². The quantitative estimate of drug-likeness (QED) is 0.839. The predicted octanol–water partition coefficient (Wildman–Crippen LogP) is 2.52. The van der Waals surface area contributed by atoms with Gasteiger partial charge in [-0.3, -0.25) is 4.79 Å². The van der Waals surface area contributed by atoms with Crippen LogP contribution in [0.25, 0.3) is 0 Å². The van der Waals surface area contributed by atoms with Gasteiger partial charge in [-0.05, 0) is 36.2 Å². The standard InChI is InChI=1S/C16H18N2O2/c1-11-5-3-4-6-12(11)10-18-16(19)14-9-13(17)7-8-15(14)20-2/h3-9H,10,17H2,1-2H3,(H,18,19). The predicted molar refractivity (Wildman–Crippen MR) is 79.8 cm³/mol. The first-order valence-electron chi connectivity index (χ1n) is 6.38. The molecule has 0 radical (unpaired) electrons. The van der Waals surface area contributed by atoms with Crippen LogP contribution in [-0.4, -0.2) is 13.0 Å². The summed E-state index contributed by atoms with van der Waals surface area (Å²) in [5.74, 6) is 0.318. The molecule has 0 saturated carbocycles. The highest BCUT2D eigenvalue weighted by Gasteiger charge is 2.12. The van der Waals surface area contributed by atoms with Crippen LogP contribution in [0.3, 0.4) is 0 Å². The largest absolute Gasteiger partial charge is 0.496 e. The lowest BCUT2D eigenvalue weighted by molar-refractivity contribution is 0.0948. The number of carbonyl (C=O) groups is 1. The molecule has 104 valence electrons. The fourth-order valence-electron chi connectivity index (χ4n) is 1.98. The maximum Gasteiger partial charge on any atom is 0.255 e. The summed E-state index contributed by atoms with van der Waals surface area (Å²) in [4.78, 5) is 12.2. The van der Waals surface area contributed by atoms with Crippen molar-refractivity contribution in [2.45, 2.75) is 13.5 Å². The van der Waals surface area contributed by atoms with Crippen LogP contribution in [0.5, 0.6) is 5.75 Å². The van der Waals surface area contributed by atoms with Crippen molar-refractivity contribution >= 4 is 11.6 Å². The Labute approximate surface area is 118 Å². The van der Waals surface area contributed by atoms with Gasteiger partial charge in [0.25, 0.3) is 5.91 Å². The van der Waals surface area contributed by atoms with E-state index in [4.69, 9.17) is 10.5 Å². The number of methoxy groups -OCH3 is 1. The number of benzene rings is 2. The van der Waals surface area contributed by atoms with Gasteiger partial charge >= 0.3 is 0 Å². The molecule has 2 rings (SSSR count). The van der Waals surface area contributed by atoms with Crippen molar-refractivity contribution in [2.75, 3.05) is 12.8 Å².